The minimum absolute atomic E-state index is 0.117. The Morgan fingerprint density at radius 1 is 1.24 bits per heavy atom. The van der Waals surface area contributed by atoms with Gasteiger partial charge < -0.3 is 15.2 Å². The Morgan fingerprint density at radius 2 is 2.00 bits per heavy atom. The van der Waals surface area contributed by atoms with Crippen LogP contribution in [0.15, 0.2) is 29.1 Å². The molecule has 130 valence electrons. The number of pyridine rings is 1. The van der Waals surface area contributed by atoms with Gasteiger partial charge in [0, 0.05) is 31.4 Å². The summed E-state index contributed by atoms with van der Waals surface area (Å²) < 4.78 is 0. The van der Waals surface area contributed by atoms with E-state index in [2.05, 4.69) is 10.3 Å². The number of aromatic amines is 1. The Morgan fingerprint density at radius 3 is 2.68 bits per heavy atom. The molecule has 1 aliphatic heterocycles. The molecule has 0 atom stereocenters. The van der Waals surface area contributed by atoms with Gasteiger partial charge in [0.1, 0.15) is 5.56 Å². The molecule has 0 aliphatic carbocycles. The number of benzene rings is 1. The molecule has 0 spiro atoms. The molecule has 0 saturated carbocycles. The molecule has 1 aromatic carbocycles. The number of nitrogens with zero attached hydrogens (tertiary/aromatic N) is 1. The molecule has 0 radical (unpaired) electrons. The minimum Gasteiger partial charge on any atom is -0.334 e. The highest BCUT2D eigenvalue weighted by Crippen LogP contribution is 2.27. The second-order valence-electron chi connectivity index (χ2n) is 6.44. The largest absolute Gasteiger partial charge is 0.334 e. The van der Waals surface area contributed by atoms with Crippen molar-refractivity contribution >= 4 is 17.5 Å². The second-order valence-corrected chi connectivity index (χ2v) is 6.44. The van der Waals surface area contributed by atoms with Gasteiger partial charge in [-0.15, -0.1) is 0 Å². The zero-order valence-corrected chi connectivity index (χ0v) is 14.6. The van der Waals surface area contributed by atoms with E-state index in [1.54, 1.807) is 24.8 Å². The number of aromatic nitrogens is 1. The first-order chi connectivity index (χ1) is 11.9. The minimum atomic E-state index is -0.347. The molecule has 3 rings (SSSR count). The van der Waals surface area contributed by atoms with Gasteiger partial charge in [0.2, 0.25) is 5.91 Å². The lowest BCUT2D eigenvalue weighted by atomic mass is 9.96. The third-order valence-electron chi connectivity index (χ3n) is 4.44. The summed E-state index contributed by atoms with van der Waals surface area (Å²) in [7, 11) is 0. The fraction of sp³-hybridized carbons (Fsp3) is 0.316. The summed E-state index contributed by atoms with van der Waals surface area (Å²) in [5.74, 6) is -0.372. The van der Waals surface area contributed by atoms with Crippen molar-refractivity contribution in [2.24, 2.45) is 0 Å². The van der Waals surface area contributed by atoms with Crippen LogP contribution in [0.4, 0.5) is 5.69 Å². The van der Waals surface area contributed by atoms with E-state index in [-0.39, 0.29) is 22.9 Å². The molecule has 6 nitrogen and oxygen atoms in total. The van der Waals surface area contributed by atoms with Gasteiger partial charge in [-0.2, -0.15) is 0 Å². The van der Waals surface area contributed by atoms with Crippen molar-refractivity contribution in [1.82, 2.24) is 9.88 Å². The lowest BCUT2D eigenvalue weighted by molar-refractivity contribution is -0.114. The maximum atomic E-state index is 12.9. The predicted molar refractivity (Wildman–Crippen MR) is 95.7 cm³/mol. The maximum absolute atomic E-state index is 12.9. The standard InChI is InChI=1S/C19H21N3O3/c1-11-9-12(2)20-18(24)17(11)19(25)22-8-7-15-14(10-22)5-4-6-16(15)21-13(3)23/h4-6,9H,7-8,10H2,1-3H3,(H,20,24)(H,21,23). The van der Waals surface area contributed by atoms with Crippen LogP contribution in [0.5, 0.6) is 0 Å². The molecule has 6 heteroatoms. The zero-order chi connectivity index (χ0) is 18.1. The Hall–Kier alpha value is -2.89. The quantitative estimate of drug-likeness (QED) is 0.879. The molecule has 2 aromatic rings. The number of nitrogens with one attached hydrogen (secondary N) is 2. The number of rotatable bonds is 2. The first-order valence-corrected chi connectivity index (χ1v) is 8.25. The van der Waals surface area contributed by atoms with Crippen LogP contribution in [0.25, 0.3) is 0 Å². The average Bonchev–Trinajstić information content (AvgIpc) is 2.53. The van der Waals surface area contributed by atoms with Crippen molar-refractivity contribution in [2.75, 3.05) is 11.9 Å². The van der Waals surface area contributed by atoms with E-state index < -0.39 is 0 Å². The molecule has 2 heterocycles. The summed E-state index contributed by atoms with van der Waals surface area (Å²) >= 11 is 0. The van der Waals surface area contributed by atoms with Crippen molar-refractivity contribution < 1.29 is 9.59 Å². The first-order valence-electron chi connectivity index (χ1n) is 8.25. The summed E-state index contributed by atoms with van der Waals surface area (Å²) in [4.78, 5) is 40.8. The normalized spacial score (nSPS) is 13.3. The van der Waals surface area contributed by atoms with Gasteiger partial charge in [-0.3, -0.25) is 14.4 Å². The van der Waals surface area contributed by atoms with Gasteiger partial charge in [-0.05, 0) is 49.1 Å². The first kappa shape index (κ1) is 17.0. The molecular formula is C19H21N3O3. The van der Waals surface area contributed by atoms with E-state index in [1.807, 2.05) is 18.2 Å². The predicted octanol–water partition coefficient (Wildman–Crippen LogP) is 2.15. The number of carbonyl (C=O) groups excluding carboxylic acids is 2. The summed E-state index contributed by atoms with van der Waals surface area (Å²) in [6.07, 6.45) is 0.639. The molecule has 0 fully saturated rings. The van der Waals surface area contributed by atoms with Gasteiger partial charge in [-0.25, -0.2) is 0 Å². The summed E-state index contributed by atoms with van der Waals surface area (Å²) in [6.45, 7) is 5.99. The number of aryl methyl sites for hydroxylation is 2. The van der Waals surface area contributed by atoms with Gasteiger partial charge in [0.05, 0.1) is 0 Å². The molecule has 25 heavy (non-hydrogen) atoms. The lowest BCUT2D eigenvalue weighted by Crippen LogP contribution is -2.39. The number of amides is 2. The Labute approximate surface area is 145 Å². The van der Waals surface area contributed by atoms with E-state index in [1.165, 1.54) is 6.92 Å². The van der Waals surface area contributed by atoms with Gasteiger partial charge in [0.15, 0.2) is 0 Å². The van der Waals surface area contributed by atoms with Crippen LogP contribution in [0.2, 0.25) is 0 Å². The highest BCUT2D eigenvalue weighted by atomic mass is 16.2. The van der Waals surface area contributed by atoms with E-state index in [0.717, 1.165) is 22.5 Å². The van der Waals surface area contributed by atoms with E-state index in [9.17, 15) is 14.4 Å². The van der Waals surface area contributed by atoms with Crippen LogP contribution < -0.4 is 10.9 Å². The van der Waals surface area contributed by atoms with Crippen molar-refractivity contribution in [1.29, 1.82) is 0 Å². The molecular weight excluding hydrogens is 318 g/mol. The Balaban J connectivity index is 1.90. The van der Waals surface area contributed by atoms with Gasteiger partial charge in [-0.1, -0.05) is 12.1 Å². The van der Waals surface area contributed by atoms with Crippen LogP contribution in [0, 0.1) is 13.8 Å². The van der Waals surface area contributed by atoms with Crippen molar-refractivity contribution in [3.8, 4) is 0 Å². The Bertz CT molecular complexity index is 915. The van der Waals surface area contributed by atoms with Crippen LogP contribution in [-0.2, 0) is 17.8 Å². The number of fused-ring (bicyclic) bond motifs is 1. The monoisotopic (exact) mass is 339 g/mol. The number of carbonyl (C=O) groups is 2. The average molecular weight is 339 g/mol. The Kier molecular flexibility index (Phi) is 4.44. The zero-order valence-electron chi connectivity index (χ0n) is 14.6. The van der Waals surface area contributed by atoms with Crippen molar-refractivity contribution in [2.45, 2.75) is 33.7 Å². The van der Waals surface area contributed by atoms with Crippen LogP contribution in [0.3, 0.4) is 0 Å². The summed E-state index contributed by atoms with van der Waals surface area (Å²) in [6, 6.07) is 7.49. The van der Waals surface area contributed by atoms with Crippen LogP contribution >= 0.6 is 0 Å². The number of H-pyrrole nitrogens is 1. The third kappa shape index (κ3) is 3.33. The van der Waals surface area contributed by atoms with E-state index >= 15 is 0 Å². The third-order valence-corrected chi connectivity index (χ3v) is 4.44. The smallest absolute Gasteiger partial charge is 0.261 e. The highest BCUT2D eigenvalue weighted by Gasteiger charge is 2.26. The fourth-order valence-electron chi connectivity index (χ4n) is 3.37. The molecule has 0 bridgehead atoms. The van der Waals surface area contributed by atoms with Crippen molar-refractivity contribution in [3.05, 3.63) is 62.6 Å². The molecule has 0 unspecified atom stereocenters. The number of anilines is 1. The SMILES string of the molecule is CC(=O)Nc1cccc2c1CCN(C(=O)c1c(C)cc(C)[nH]c1=O)C2. The van der Waals surface area contributed by atoms with E-state index in [4.69, 9.17) is 0 Å². The maximum Gasteiger partial charge on any atom is 0.261 e. The lowest BCUT2D eigenvalue weighted by Gasteiger charge is -2.30. The van der Waals surface area contributed by atoms with Gasteiger partial charge in [0.25, 0.3) is 11.5 Å². The van der Waals surface area contributed by atoms with Crippen LogP contribution in [-0.4, -0.2) is 28.2 Å². The second kappa shape index (κ2) is 6.55. The fourth-order valence-corrected chi connectivity index (χ4v) is 3.37. The molecule has 2 N–H and O–H groups in total. The molecule has 1 aliphatic rings. The number of hydrogen-bond donors (Lipinski definition) is 2. The molecule has 0 saturated heterocycles. The molecule has 1 aromatic heterocycles. The van der Waals surface area contributed by atoms with E-state index in [0.29, 0.717) is 25.1 Å². The summed E-state index contributed by atoms with van der Waals surface area (Å²) in [5, 5.41) is 2.84. The van der Waals surface area contributed by atoms with Crippen molar-refractivity contribution in [3.63, 3.8) is 0 Å². The highest BCUT2D eigenvalue weighted by molar-refractivity contribution is 5.95. The number of hydrogen-bond acceptors (Lipinski definition) is 3. The topological polar surface area (TPSA) is 82.3 Å². The van der Waals surface area contributed by atoms with Crippen LogP contribution in [0.1, 0.15) is 39.7 Å². The molecule has 2 amide bonds. The van der Waals surface area contributed by atoms with Gasteiger partial charge >= 0.3 is 0 Å². The summed E-state index contributed by atoms with van der Waals surface area (Å²) in [5.41, 5.74) is 4.11.